The van der Waals surface area contributed by atoms with Gasteiger partial charge in [-0.25, -0.2) is 4.79 Å². The van der Waals surface area contributed by atoms with Crippen molar-refractivity contribution in [3.63, 3.8) is 0 Å². The van der Waals surface area contributed by atoms with Gasteiger partial charge in [0.25, 0.3) is 5.56 Å². The van der Waals surface area contributed by atoms with Crippen molar-refractivity contribution in [2.45, 2.75) is 44.2 Å². The normalized spacial score (nSPS) is 21.8. The summed E-state index contributed by atoms with van der Waals surface area (Å²) in [4.78, 5) is 28.9. The standard InChI is InChI=1S/C20H25N3O3/c1-14-12-18(25)23(19(26)21-14)11-10-22-8-6-20(7-9-22)16-5-3-2-4-15(16)13-17(20)24/h2-5,12,17,24H,6-11,13H2,1H3,(H,21,26)/t17-/m0/s1. The molecule has 1 atom stereocenters. The van der Waals surface area contributed by atoms with Crippen molar-refractivity contribution in [3.8, 4) is 0 Å². The fraction of sp³-hybridized carbons (Fsp3) is 0.500. The Morgan fingerprint density at radius 3 is 2.65 bits per heavy atom. The van der Waals surface area contributed by atoms with E-state index < -0.39 is 0 Å². The molecular weight excluding hydrogens is 330 g/mol. The Bertz CT molecular complexity index is 891. The lowest BCUT2D eigenvalue weighted by molar-refractivity contribution is 0.0424. The third-order valence-electron chi connectivity index (χ3n) is 6.15. The lowest BCUT2D eigenvalue weighted by atomic mass is 9.72. The van der Waals surface area contributed by atoms with Crippen LogP contribution in [0.15, 0.2) is 39.9 Å². The maximum absolute atomic E-state index is 12.0. The number of H-pyrrole nitrogens is 1. The van der Waals surface area contributed by atoms with Crippen molar-refractivity contribution >= 4 is 0 Å². The molecule has 6 heteroatoms. The van der Waals surface area contributed by atoms with Crippen LogP contribution in [0, 0.1) is 6.92 Å². The molecule has 1 aliphatic heterocycles. The molecule has 2 aromatic rings. The number of benzene rings is 1. The second kappa shape index (κ2) is 6.52. The van der Waals surface area contributed by atoms with E-state index in [4.69, 9.17) is 0 Å². The molecule has 1 aromatic heterocycles. The highest BCUT2D eigenvalue weighted by molar-refractivity contribution is 5.42. The summed E-state index contributed by atoms with van der Waals surface area (Å²) in [6.07, 6.45) is 2.24. The van der Waals surface area contributed by atoms with Gasteiger partial charge in [0.05, 0.1) is 6.10 Å². The van der Waals surface area contributed by atoms with Crippen molar-refractivity contribution < 1.29 is 5.11 Å². The highest BCUT2D eigenvalue weighted by Crippen LogP contribution is 2.46. The average Bonchev–Trinajstić information content (AvgIpc) is 2.88. The fourth-order valence-electron chi connectivity index (χ4n) is 4.63. The molecular formula is C20H25N3O3. The number of aryl methyl sites for hydroxylation is 1. The molecule has 0 saturated carbocycles. The molecule has 1 aromatic carbocycles. The molecule has 0 bridgehead atoms. The minimum atomic E-state index is -0.344. The first-order valence-corrected chi connectivity index (χ1v) is 9.29. The van der Waals surface area contributed by atoms with Gasteiger partial charge in [0, 0.05) is 30.3 Å². The zero-order valence-electron chi connectivity index (χ0n) is 15.1. The van der Waals surface area contributed by atoms with E-state index in [9.17, 15) is 14.7 Å². The highest BCUT2D eigenvalue weighted by Gasteiger charge is 2.47. The summed E-state index contributed by atoms with van der Waals surface area (Å²) in [5.74, 6) is 0. The van der Waals surface area contributed by atoms with Gasteiger partial charge in [0.15, 0.2) is 0 Å². The first-order chi connectivity index (χ1) is 12.5. The summed E-state index contributed by atoms with van der Waals surface area (Å²) in [7, 11) is 0. The molecule has 0 amide bonds. The van der Waals surface area contributed by atoms with Crippen LogP contribution in [0.2, 0.25) is 0 Å². The Morgan fingerprint density at radius 1 is 1.19 bits per heavy atom. The van der Waals surface area contributed by atoms with E-state index in [1.807, 2.05) is 6.07 Å². The molecule has 26 heavy (non-hydrogen) atoms. The summed E-state index contributed by atoms with van der Waals surface area (Å²) in [6, 6.07) is 9.83. The van der Waals surface area contributed by atoms with Crippen LogP contribution in [-0.4, -0.2) is 45.3 Å². The van der Waals surface area contributed by atoms with Gasteiger partial charge in [-0.2, -0.15) is 0 Å². The first kappa shape index (κ1) is 17.2. The molecule has 1 spiro atoms. The predicted octanol–water partition coefficient (Wildman–Crippen LogP) is 0.796. The number of aliphatic hydroxyl groups is 1. The maximum Gasteiger partial charge on any atom is 0.328 e. The summed E-state index contributed by atoms with van der Waals surface area (Å²) in [5, 5.41) is 10.7. The van der Waals surface area contributed by atoms with E-state index >= 15 is 0 Å². The fourth-order valence-corrected chi connectivity index (χ4v) is 4.63. The van der Waals surface area contributed by atoms with Crippen LogP contribution in [0.25, 0.3) is 0 Å². The molecule has 2 heterocycles. The molecule has 6 nitrogen and oxygen atoms in total. The Hall–Kier alpha value is -2.18. The van der Waals surface area contributed by atoms with Gasteiger partial charge in [-0.15, -0.1) is 0 Å². The lowest BCUT2D eigenvalue weighted by Crippen LogP contribution is -2.48. The molecule has 2 N–H and O–H groups in total. The number of hydrogen-bond donors (Lipinski definition) is 2. The third kappa shape index (κ3) is 2.83. The molecule has 138 valence electrons. The monoisotopic (exact) mass is 355 g/mol. The molecule has 1 fully saturated rings. The van der Waals surface area contributed by atoms with Crippen molar-refractivity contribution in [2.75, 3.05) is 19.6 Å². The Labute approximate surface area is 152 Å². The molecule has 1 saturated heterocycles. The van der Waals surface area contributed by atoms with Crippen LogP contribution in [0.1, 0.15) is 29.7 Å². The van der Waals surface area contributed by atoms with E-state index in [2.05, 4.69) is 28.1 Å². The van der Waals surface area contributed by atoms with Crippen LogP contribution in [-0.2, 0) is 18.4 Å². The number of aliphatic hydroxyl groups excluding tert-OH is 1. The molecule has 0 radical (unpaired) electrons. The highest BCUT2D eigenvalue weighted by atomic mass is 16.3. The van der Waals surface area contributed by atoms with E-state index in [1.165, 1.54) is 21.8 Å². The van der Waals surface area contributed by atoms with Crippen LogP contribution in [0.4, 0.5) is 0 Å². The molecule has 1 aliphatic carbocycles. The second-order valence-electron chi connectivity index (χ2n) is 7.62. The predicted molar refractivity (Wildman–Crippen MR) is 99.6 cm³/mol. The number of hydrogen-bond acceptors (Lipinski definition) is 4. The Kier molecular flexibility index (Phi) is 4.32. The van der Waals surface area contributed by atoms with E-state index in [0.717, 1.165) is 32.4 Å². The van der Waals surface area contributed by atoms with Crippen molar-refractivity contribution in [1.82, 2.24) is 14.5 Å². The third-order valence-corrected chi connectivity index (χ3v) is 6.15. The molecule has 2 aliphatic rings. The summed E-state index contributed by atoms with van der Waals surface area (Å²) in [6.45, 7) is 4.50. The van der Waals surface area contributed by atoms with E-state index in [0.29, 0.717) is 18.8 Å². The van der Waals surface area contributed by atoms with Crippen LogP contribution < -0.4 is 11.2 Å². The van der Waals surface area contributed by atoms with Crippen molar-refractivity contribution in [2.24, 2.45) is 0 Å². The van der Waals surface area contributed by atoms with Crippen LogP contribution in [0.5, 0.6) is 0 Å². The van der Waals surface area contributed by atoms with E-state index in [-0.39, 0.29) is 22.8 Å². The number of aromatic nitrogens is 2. The summed E-state index contributed by atoms with van der Waals surface area (Å²) in [5.41, 5.74) is 2.43. The number of aromatic amines is 1. The van der Waals surface area contributed by atoms with Gasteiger partial charge in [0.2, 0.25) is 0 Å². The van der Waals surface area contributed by atoms with Crippen LogP contribution in [0.3, 0.4) is 0 Å². The number of nitrogens with one attached hydrogen (secondary N) is 1. The number of piperidine rings is 1. The van der Waals surface area contributed by atoms with Gasteiger partial charge in [-0.05, 0) is 50.4 Å². The number of nitrogens with zero attached hydrogens (tertiary/aromatic N) is 2. The van der Waals surface area contributed by atoms with Gasteiger partial charge < -0.3 is 15.0 Å². The number of fused-ring (bicyclic) bond motifs is 2. The van der Waals surface area contributed by atoms with Gasteiger partial charge in [0.1, 0.15) is 0 Å². The summed E-state index contributed by atoms with van der Waals surface area (Å²) >= 11 is 0. The zero-order valence-corrected chi connectivity index (χ0v) is 15.1. The van der Waals surface area contributed by atoms with Gasteiger partial charge in [-0.1, -0.05) is 24.3 Å². The quantitative estimate of drug-likeness (QED) is 0.854. The Balaban J connectivity index is 1.44. The topological polar surface area (TPSA) is 78.3 Å². The average molecular weight is 355 g/mol. The molecule has 0 unspecified atom stereocenters. The Morgan fingerprint density at radius 2 is 1.92 bits per heavy atom. The maximum atomic E-state index is 12.0. The smallest absolute Gasteiger partial charge is 0.328 e. The minimum Gasteiger partial charge on any atom is -0.392 e. The number of rotatable bonds is 3. The van der Waals surface area contributed by atoms with Gasteiger partial charge >= 0.3 is 5.69 Å². The largest absolute Gasteiger partial charge is 0.392 e. The van der Waals surface area contributed by atoms with Crippen molar-refractivity contribution in [1.29, 1.82) is 0 Å². The second-order valence-corrected chi connectivity index (χ2v) is 7.62. The van der Waals surface area contributed by atoms with E-state index in [1.54, 1.807) is 6.92 Å². The zero-order chi connectivity index (χ0) is 18.3. The first-order valence-electron chi connectivity index (χ1n) is 9.29. The van der Waals surface area contributed by atoms with Crippen molar-refractivity contribution in [3.05, 3.63) is 68.0 Å². The SMILES string of the molecule is Cc1cc(=O)n(CCN2CCC3(CC2)c2ccccc2C[C@@H]3O)c(=O)[nH]1. The van der Waals surface area contributed by atoms with Crippen LogP contribution >= 0.6 is 0 Å². The summed E-state index contributed by atoms with van der Waals surface area (Å²) < 4.78 is 1.26. The molecule has 4 rings (SSSR count). The minimum absolute atomic E-state index is 0.134. The van der Waals surface area contributed by atoms with Gasteiger partial charge in [-0.3, -0.25) is 9.36 Å². The lowest BCUT2D eigenvalue weighted by Gasteiger charge is -2.42. The number of likely N-dealkylation sites (tertiary alicyclic amines) is 1.